The second kappa shape index (κ2) is 4.03. The smallest absolute Gasteiger partial charge is 0.166 e. The number of hydrogen-bond donors (Lipinski definition) is 0. The zero-order chi connectivity index (χ0) is 10.8. The molecule has 76 valence electrons. The fourth-order valence-electron chi connectivity index (χ4n) is 1.60. The van der Waals surface area contributed by atoms with E-state index in [4.69, 9.17) is 0 Å². The lowest BCUT2D eigenvalue weighted by Crippen LogP contribution is -1.99. The van der Waals surface area contributed by atoms with Gasteiger partial charge < -0.3 is 4.57 Å². The van der Waals surface area contributed by atoms with Crippen LogP contribution in [0.5, 0.6) is 0 Å². The second-order valence-corrected chi connectivity index (χ2v) is 4.27. The van der Waals surface area contributed by atoms with Crippen molar-refractivity contribution in [3.63, 3.8) is 0 Å². The fourth-order valence-corrected chi connectivity index (χ4v) is 2.07. The van der Waals surface area contributed by atoms with Crippen molar-refractivity contribution < 1.29 is 4.79 Å². The molecule has 15 heavy (non-hydrogen) atoms. The van der Waals surface area contributed by atoms with Gasteiger partial charge in [0.05, 0.1) is 5.69 Å². The molecule has 0 fully saturated rings. The van der Waals surface area contributed by atoms with Gasteiger partial charge in [-0.2, -0.15) is 0 Å². The summed E-state index contributed by atoms with van der Waals surface area (Å²) >= 11 is 3.42. The van der Waals surface area contributed by atoms with E-state index in [1.165, 1.54) is 0 Å². The van der Waals surface area contributed by atoms with Gasteiger partial charge in [-0.1, -0.05) is 15.9 Å². The van der Waals surface area contributed by atoms with Crippen LogP contribution in [0.4, 0.5) is 0 Å². The van der Waals surface area contributed by atoms with Gasteiger partial charge in [-0.25, -0.2) is 0 Å². The van der Waals surface area contributed by atoms with Crippen LogP contribution in [0.1, 0.15) is 16.1 Å². The van der Waals surface area contributed by atoms with Gasteiger partial charge in [-0.15, -0.1) is 0 Å². The topological polar surface area (TPSA) is 22.0 Å². The molecule has 0 bridgehead atoms. The van der Waals surface area contributed by atoms with Gasteiger partial charge in [0.25, 0.3) is 0 Å². The zero-order valence-corrected chi connectivity index (χ0v) is 9.86. The summed E-state index contributed by atoms with van der Waals surface area (Å²) in [5.41, 5.74) is 2.83. The lowest BCUT2D eigenvalue weighted by Gasteiger charge is -2.09. The quantitative estimate of drug-likeness (QED) is 0.762. The normalized spacial score (nSPS) is 10.3. The van der Waals surface area contributed by atoms with Crippen LogP contribution in [0.3, 0.4) is 0 Å². The van der Waals surface area contributed by atoms with Gasteiger partial charge in [0.2, 0.25) is 0 Å². The molecule has 0 saturated heterocycles. The van der Waals surface area contributed by atoms with E-state index in [0.717, 1.165) is 22.0 Å². The maximum absolute atomic E-state index is 10.8. The third-order valence-electron chi connectivity index (χ3n) is 2.32. The highest BCUT2D eigenvalue weighted by Gasteiger charge is 2.04. The number of aldehydes is 1. The van der Waals surface area contributed by atoms with E-state index >= 15 is 0 Å². The monoisotopic (exact) mass is 263 g/mol. The zero-order valence-electron chi connectivity index (χ0n) is 8.27. The molecule has 0 aliphatic carbocycles. The molecule has 0 atom stereocenters. The molecular weight excluding hydrogens is 254 g/mol. The predicted molar refractivity (Wildman–Crippen MR) is 63.6 cm³/mol. The molecule has 3 heteroatoms. The predicted octanol–water partition coefficient (Wildman–Crippen LogP) is 3.36. The second-order valence-electron chi connectivity index (χ2n) is 3.35. The SMILES string of the molecule is Cc1cc(Br)ccc1-n1cccc1C=O. The fraction of sp³-hybridized carbons (Fsp3) is 0.0833. The lowest BCUT2D eigenvalue weighted by atomic mass is 10.2. The summed E-state index contributed by atoms with van der Waals surface area (Å²) in [5, 5.41) is 0. The highest BCUT2D eigenvalue weighted by atomic mass is 79.9. The summed E-state index contributed by atoms with van der Waals surface area (Å²) in [4.78, 5) is 10.8. The molecule has 0 unspecified atom stereocenters. The first-order valence-electron chi connectivity index (χ1n) is 4.61. The van der Waals surface area contributed by atoms with E-state index in [0.29, 0.717) is 5.69 Å². The number of halogens is 1. The van der Waals surface area contributed by atoms with Crippen LogP contribution in [-0.4, -0.2) is 10.9 Å². The van der Waals surface area contributed by atoms with E-state index in [-0.39, 0.29) is 0 Å². The van der Waals surface area contributed by atoms with Crippen molar-refractivity contribution in [3.05, 3.63) is 52.3 Å². The van der Waals surface area contributed by atoms with E-state index < -0.39 is 0 Å². The van der Waals surface area contributed by atoms with Crippen LogP contribution in [0, 0.1) is 6.92 Å². The minimum Gasteiger partial charge on any atom is -0.314 e. The summed E-state index contributed by atoms with van der Waals surface area (Å²) in [6.07, 6.45) is 2.75. The maximum Gasteiger partial charge on any atom is 0.166 e. The van der Waals surface area contributed by atoms with E-state index in [9.17, 15) is 4.79 Å². The third-order valence-corrected chi connectivity index (χ3v) is 2.81. The van der Waals surface area contributed by atoms with Crippen molar-refractivity contribution in [2.45, 2.75) is 6.92 Å². The molecule has 1 aromatic carbocycles. The molecule has 2 aromatic rings. The molecule has 0 N–H and O–H groups in total. The molecule has 0 saturated carbocycles. The summed E-state index contributed by atoms with van der Waals surface area (Å²) in [6, 6.07) is 9.66. The summed E-state index contributed by atoms with van der Waals surface area (Å²) in [6.45, 7) is 2.02. The van der Waals surface area contributed by atoms with Crippen LogP contribution >= 0.6 is 15.9 Å². The summed E-state index contributed by atoms with van der Waals surface area (Å²) in [7, 11) is 0. The Kier molecular flexibility index (Phi) is 2.73. The highest BCUT2D eigenvalue weighted by Crippen LogP contribution is 2.20. The number of carbonyl (C=O) groups is 1. The Morgan fingerprint density at radius 2 is 2.13 bits per heavy atom. The van der Waals surface area contributed by atoms with Gasteiger partial charge in [0.1, 0.15) is 0 Å². The molecular formula is C12H10BrNO. The first kappa shape index (κ1) is 10.2. The van der Waals surface area contributed by atoms with E-state index in [1.807, 2.05) is 42.0 Å². The average Bonchev–Trinajstić information content (AvgIpc) is 2.65. The van der Waals surface area contributed by atoms with Crippen LogP contribution < -0.4 is 0 Å². The molecule has 2 nitrogen and oxygen atoms in total. The molecule has 0 radical (unpaired) electrons. The van der Waals surface area contributed by atoms with Gasteiger partial charge >= 0.3 is 0 Å². The van der Waals surface area contributed by atoms with E-state index in [2.05, 4.69) is 15.9 Å². The molecule has 1 aromatic heterocycles. The van der Waals surface area contributed by atoms with Crippen molar-refractivity contribution in [1.29, 1.82) is 0 Å². The molecule has 0 aliphatic heterocycles. The van der Waals surface area contributed by atoms with Crippen LogP contribution in [0.2, 0.25) is 0 Å². The Balaban J connectivity index is 2.59. The van der Waals surface area contributed by atoms with Crippen molar-refractivity contribution in [3.8, 4) is 5.69 Å². The minimum absolute atomic E-state index is 0.667. The van der Waals surface area contributed by atoms with Gasteiger partial charge in [-0.05, 0) is 42.8 Å². The number of aromatic nitrogens is 1. The Bertz CT molecular complexity index is 502. The Morgan fingerprint density at radius 3 is 2.80 bits per heavy atom. The highest BCUT2D eigenvalue weighted by molar-refractivity contribution is 9.10. The Labute approximate surface area is 96.7 Å². The Hall–Kier alpha value is -1.35. The number of benzene rings is 1. The number of aryl methyl sites for hydroxylation is 1. The number of rotatable bonds is 2. The average molecular weight is 264 g/mol. The van der Waals surface area contributed by atoms with Crippen molar-refractivity contribution in [2.24, 2.45) is 0 Å². The van der Waals surface area contributed by atoms with Crippen molar-refractivity contribution in [2.75, 3.05) is 0 Å². The van der Waals surface area contributed by atoms with Crippen molar-refractivity contribution >= 4 is 22.2 Å². The van der Waals surface area contributed by atoms with Gasteiger partial charge in [0.15, 0.2) is 6.29 Å². The number of hydrogen-bond acceptors (Lipinski definition) is 1. The van der Waals surface area contributed by atoms with Crippen molar-refractivity contribution in [1.82, 2.24) is 4.57 Å². The molecule has 1 heterocycles. The third kappa shape index (κ3) is 1.88. The van der Waals surface area contributed by atoms with Crippen LogP contribution in [0.15, 0.2) is 41.0 Å². The standard InChI is InChI=1S/C12H10BrNO/c1-9-7-10(13)4-5-12(9)14-6-2-3-11(14)8-15/h2-8H,1H3. The molecule has 0 aliphatic rings. The molecule has 2 rings (SSSR count). The minimum atomic E-state index is 0.667. The number of carbonyl (C=O) groups excluding carboxylic acids is 1. The van der Waals surface area contributed by atoms with E-state index in [1.54, 1.807) is 6.07 Å². The van der Waals surface area contributed by atoms with Crippen LogP contribution in [0.25, 0.3) is 5.69 Å². The first-order chi connectivity index (χ1) is 7.22. The van der Waals surface area contributed by atoms with Crippen LogP contribution in [-0.2, 0) is 0 Å². The van der Waals surface area contributed by atoms with Gasteiger partial charge in [0, 0.05) is 16.4 Å². The van der Waals surface area contributed by atoms with Gasteiger partial charge in [-0.3, -0.25) is 4.79 Å². The largest absolute Gasteiger partial charge is 0.314 e. The molecule has 0 amide bonds. The number of nitrogens with zero attached hydrogens (tertiary/aromatic N) is 1. The lowest BCUT2D eigenvalue weighted by molar-refractivity contribution is 0.111. The maximum atomic E-state index is 10.8. The summed E-state index contributed by atoms with van der Waals surface area (Å²) < 4.78 is 2.93. The Morgan fingerprint density at radius 1 is 1.33 bits per heavy atom. The summed E-state index contributed by atoms with van der Waals surface area (Å²) in [5.74, 6) is 0. The first-order valence-corrected chi connectivity index (χ1v) is 5.41. The molecule has 0 spiro atoms.